The quantitative estimate of drug-likeness (QED) is 0.619. The second kappa shape index (κ2) is 3.34. The average molecular weight is 329 g/mol. The lowest BCUT2D eigenvalue weighted by molar-refractivity contribution is 0.0638. The zero-order chi connectivity index (χ0) is 7.84. The van der Waals surface area contributed by atoms with E-state index in [2.05, 4.69) is 38.5 Å². The lowest BCUT2D eigenvalue weighted by Gasteiger charge is -2.08. The molecule has 0 aromatic rings. The first-order chi connectivity index (χ1) is 5.29. The molecule has 0 spiro atoms. The third-order valence-corrected chi connectivity index (χ3v) is 5.26. The first kappa shape index (κ1) is 8.51. The summed E-state index contributed by atoms with van der Waals surface area (Å²) in [6.07, 6.45) is 5.86. The lowest BCUT2D eigenvalue weighted by Crippen LogP contribution is -2.09. The Balaban J connectivity index is 2.24. The summed E-state index contributed by atoms with van der Waals surface area (Å²) in [5, 5.41) is 0. The first-order valence-corrected chi connectivity index (χ1v) is 5.86. The largest absolute Gasteiger partial charge is 0.365 e. The summed E-state index contributed by atoms with van der Waals surface area (Å²) >= 11 is 5.99. The molecular formula is C8H10BrIO. The smallest absolute Gasteiger partial charge is 0.0906 e. The predicted molar refractivity (Wildman–Crippen MR) is 57.1 cm³/mol. The van der Waals surface area contributed by atoms with Gasteiger partial charge in [-0.05, 0) is 35.4 Å². The van der Waals surface area contributed by atoms with Gasteiger partial charge in [0.05, 0.1) is 12.2 Å². The van der Waals surface area contributed by atoms with Crippen molar-refractivity contribution < 1.29 is 4.74 Å². The van der Waals surface area contributed by atoms with E-state index in [4.69, 9.17) is 4.74 Å². The molecule has 1 fully saturated rings. The van der Waals surface area contributed by atoms with E-state index in [1.807, 2.05) is 0 Å². The molecule has 0 radical (unpaired) electrons. The summed E-state index contributed by atoms with van der Waals surface area (Å²) in [5.41, 5.74) is 0. The maximum Gasteiger partial charge on any atom is 0.0906 e. The van der Waals surface area contributed by atoms with Gasteiger partial charge in [-0.25, -0.2) is 0 Å². The minimum atomic E-state index is 0.384. The number of hydrogen-bond acceptors (Lipinski definition) is 1. The minimum absolute atomic E-state index is 0.384. The Bertz CT molecular complexity index is 182. The fourth-order valence-corrected chi connectivity index (χ4v) is 3.07. The molecule has 2 unspecified atom stereocenters. The predicted octanol–water partition coefficient (Wildman–Crippen LogP) is 3.37. The van der Waals surface area contributed by atoms with Crippen molar-refractivity contribution in [2.24, 2.45) is 0 Å². The molecule has 2 bridgehead atoms. The maximum atomic E-state index is 5.82. The van der Waals surface area contributed by atoms with Crippen LogP contribution in [0.4, 0.5) is 0 Å². The number of ether oxygens (including phenoxy) is 1. The van der Waals surface area contributed by atoms with E-state index in [0.717, 1.165) is 0 Å². The Hall–Kier alpha value is 0.910. The van der Waals surface area contributed by atoms with Crippen molar-refractivity contribution in [3.63, 3.8) is 0 Å². The highest BCUT2D eigenvalue weighted by atomic mass is 127. The second-order valence-corrected chi connectivity index (χ2v) is 5.11. The van der Waals surface area contributed by atoms with Crippen LogP contribution in [0.3, 0.4) is 0 Å². The zero-order valence-electron chi connectivity index (χ0n) is 6.15. The van der Waals surface area contributed by atoms with Crippen molar-refractivity contribution in [1.82, 2.24) is 0 Å². The van der Waals surface area contributed by atoms with Crippen molar-refractivity contribution in [2.75, 3.05) is 0 Å². The van der Waals surface area contributed by atoms with Gasteiger partial charge in [-0.1, -0.05) is 28.8 Å². The molecule has 0 aliphatic carbocycles. The van der Waals surface area contributed by atoms with Gasteiger partial charge in [-0.3, -0.25) is 0 Å². The summed E-state index contributed by atoms with van der Waals surface area (Å²) in [7, 11) is 0. The molecule has 62 valence electrons. The van der Waals surface area contributed by atoms with E-state index < -0.39 is 0 Å². The molecule has 1 saturated heterocycles. The number of hydrogen-bond donors (Lipinski definition) is 0. The summed E-state index contributed by atoms with van der Waals surface area (Å²) in [6.45, 7) is 0. The van der Waals surface area contributed by atoms with Crippen LogP contribution in [-0.4, -0.2) is 12.2 Å². The van der Waals surface area contributed by atoms with Gasteiger partial charge in [0.2, 0.25) is 0 Å². The normalized spacial score (nSPS) is 37.6. The van der Waals surface area contributed by atoms with Gasteiger partial charge in [0, 0.05) is 8.06 Å². The summed E-state index contributed by atoms with van der Waals surface area (Å²) < 4.78 is 8.52. The lowest BCUT2D eigenvalue weighted by atomic mass is 10.1. The van der Waals surface area contributed by atoms with Crippen molar-refractivity contribution in [3.05, 3.63) is 8.06 Å². The van der Waals surface area contributed by atoms with Gasteiger partial charge in [-0.2, -0.15) is 0 Å². The van der Waals surface area contributed by atoms with Crippen LogP contribution in [0.1, 0.15) is 25.7 Å². The molecule has 0 amide bonds. The van der Waals surface area contributed by atoms with Gasteiger partial charge in [0.25, 0.3) is 0 Å². The molecule has 11 heavy (non-hydrogen) atoms. The molecule has 1 nitrogen and oxygen atoms in total. The SMILES string of the molecule is BrC1=C(I)C2CCCCC1O2. The van der Waals surface area contributed by atoms with Gasteiger partial charge < -0.3 is 4.74 Å². The first-order valence-electron chi connectivity index (χ1n) is 3.99. The molecule has 0 N–H and O–H groups in total. The molecule has 2 aliphatic rings. The monoisotopic (exact) mass is 328 g/mol. The van der Waals surface area contributed by atoms with Crippen molar-refractivity contribution in [1.29, 1.82) is 0 Å². The fourth-order valence-electron chi connectivity index (χ4n) is 1.67. The van der Waals surface area contributed by atoms with E-state index in [-0.39, 0.29) is 0 Å². The van der Waals surface area contributed by atoms with Crippen LogP contribution in [0.25, 0.3) is 0 Å². The number of fused-ring (bicyclic) bond motifs is 2. The Morgan fingerprint density at radius 3 is 2.64 bits per heavy atom. The zero-order valence-corrected chi connectivity index (χ0v) is 9.89. The Morgan fingerprint density at radius 2 is 1.91 bits per heavy atom. The fraction of sp³-hybridized carbons (Fsp3) is 0.750. The van der Waals surface area contributed by atoms with Crippen LogP contribution >= 0.6 is 38.5 Å². The van der Waals surface area contributed by atoms with Gasteiger partial charge >= 0.3 is 0 Å². The summed E-state index contributed by atoms with van der Waals surface area (Å²) in [6, 6.07) is 0. The van der Waals surface area contributed by atoms with Crippen molar-refractivity contribution in [3.8, 4) is 0 Å². The molecule has 0 aromatic carbocycles. The van der Waals surface area contributed by atoms with Crippen molar-refractivity contribution >= 4 is 38.5 Å². The Kier molecular flexibility index (Phi) is 2.58. The molecule has 0 aromatic heterocycles. The summed E-state index contributed by atoms with van der Waals surface area (Å²) in [4.78, 5) is 0. The van der Waals surface area contributed by atoms with Gasteiger partial charge in [-0.15, -0.1) is 0 Å². The molecule has 2 atom stereocenters. The Morgan fingerprint density at radius 1 is 1.27 bits per heavy atom. The standard InChI is InChI=1S/C8H10BrIO/c9-7-5-3-1-2-4-6(11-5)8(7)10/h5-6H,1-4H2. The van der Waals surface area contributed by atoms with E-state index in [1.165, 1.54) is 33.7 Å². The third-order valence-electron chi connectivity index (χ3n) is 2.30. The molecule has 2 aliphatic heterocycles. The summed E-state index contributed by atoms with van der Waals surface area (Å²) in [5.74, 6) is 0. The number of rotatable bonds is 0. The maximum absolute atomic E-state index is 5.82. The van der Waals surface area contributed by atoms with Crippen LogP contribution < -0.4 is 0 Å². The van der Waals surface area contributed by atoms with E-state index >= 15 is 0 Å². The topological polar surface area (TPSA) is 9.23 Å². The van der Waals surface area contributed by atoms with E-state index in [9.17, 15) is 0 Å². The molecule has 2 heterocycles. The number of halogens is 2. The molecular weight excluding hydrogens is 319 g/mol. The third kappa shape index (κ3) is 1.52. The highest BCUT2D eigenvalue weighted by Gasteiger charge is 2.33. The van der Waals surface area contributed by atoms with E-state index in [1.54, 1.807) is 0 Å². The molecule has 3 heteroatoms. The highest BCUT2D eigenvalue weighted by Crippen LogP contribution is 2.41. The van der Waals surface area contributed by atoms with Gasteiger partial charge in [0.1, 0.15) is 0 Å². The van der Waals surface area contributed by atoms with Gasteiger partial charge in [0.15, 0.2) is 0 Å². The van der Waals surface area contributed by atoms with Crippen LogP contribution in [0.15, 0.2) is 8.06 Å². The molecule has 2 rings (SSSR count). The molecule has 0 saturated carbocycles. The van der Waals surface area contributed by atoms with Crippen LogP contribution in [0.2, 0.25) is 0 Å². The second-order valence-electron chi connectivity index (χ2n) is 3.09. The van der Waals surface area contributed by atoms with Crippen LogP contribution in [-0.2, 0) is 4.74 Å². The minimum Gasteiger partial charge on any atom is -0.365 e. The average Bonchev–Trinajstić information content (AvgIpc) is 2.31. The van der Waals surface area contributed by atoms with Crippen molar-refractivity contribution in [2.45, 2.75) is 37.9 Å². The van der Waals surface area contributed by atoms with E-state index in [0.29, 0.717) is 12.2 Å². The van der Waals surface area contributed by atoms with Crippen LogP contribution in [0, 0.1) is 0 Å². The van der Waals surface area contributed by atoms with Crippen LogP contribution in [0.5, 0.6) is 0 Å². The highest BCUT2D eigenvalue weighted by molar-refractivity contribution is 14.1. The Labute approximate surface area is 88.8 Å².